The third-order valence-electron chi connectivity index (χ3n) is 4.81. The summed E-state index contributed by atoms with van der Waals surface area (Å²) in [6, 6.07) is 5.46. The lowest BCUT2D eigenvalue weighted by molar-refractivity contribution is 0.0154. The molecule has 1 aromatic rings. The molecule has 132 valence electrons. The summed E-state index contributed by atoms with van der Waals surface area (Å²) < 4.78 is 13.5. The minimum Gasteiger partial charge on any atom is -0.355 e. The van der Waals surface area contributed by atoms with Gasteiger partial charge in [0.25, 0.3) is 0 Å². The van der Waals surface area contributed by atoms with Gasteiger partial charge in [-0.05, 0) is 30.0 Å². The van der Waals surface area contributed by atoms with Gasteiger partial charge in [-0.15, -0.1) is 11.8 Å². The first kappa shape index (κ1) is 17.5. The van der Waals surface area contributed by atoms with Crippen LogP contribution in [0, 0.1) is 5.82 Å². The largest absolute Gasteiger partial charge is 0.355 e. The van der Waals surface area contributed by atoms with Crippen LogP contribution in [0.4, 0.5) is 4.39 Å². The van der Waals surface area contributed by atoms with Crippen molar-refractivity contribution in [1.29, 1.82) is 0 Å². The Kier molecular flexibility index (Phi) is 5.97. The van der Waals surface area contributed by atoms with Crippen LogP contribution in [-0.2, 0) is 6.54 Å². The van der Waals surface area contributed by atoms with Gasteiger partial charge in [-0.3, -0.25) is 14.8 Å². The number of hydrogen-bond acceptors (Lipinski definition) is 4. The highest BCUT2D eigenvalue weighted by molar-refractivity contribution is 7.98. The Morgan fingerprint density at radius 2 is 2.08 bits per heavy atom. The van der Waals surface area contributed by atoms with E-state index in [1.807, 2.05) is 12.3 Å². The molecule has 0 aliphatic carbocycles. The molecular formula is C17H26FN5S. The molecule has 3 saturated heterocycles. The van der Waals surface area contributed by atoms with Gasteiger partial charge in [0.15, 0.2) is 5.96 Å². The van der Waals surface area contributed by atoms with E-state index in [9.17, 15) is 4.39 Å². The summed E-state index contributed by atoms with van der Waals surface area (Å²) >= 11 is 1.63. The maximum Gasteiger partial charge on any atom is 0.191 e. The first-order valence-electron chi connectivity index (χ1n) is 8.43. The second kappa shape index (κ2) is 8.18. The fraction of sp³-hybridized carbons (Fsp3) is 0.588. The Bertz CT molecular complexity index is 586. The fourth-order valence-electron chi connectivity index (χ4n) is 3.42. The number of nitrogens with zero attached hydrogens (tertiary/aromatic N) is 3. The molecule has 0 aromatic heterocycles. The van der Waals surface area contributed by atoms with Gasteiger partial charge >= 0.3 is 0 Å². The summed E-state index contributed by atoms with van der Waals surface area (Å²) in [5.41, 5.74) is 0.956. The highest BCUT2D eigenvalue weighted by Crippen LogP contribution is 2.21. The van der Waals surface area contributed by atoms with Gasteiger partial charge in [-0.2, -0.15) is 0 Å². The Labute approximate surface area is 147 Å². The number of hydrogen-bond donors (Lipinski definition) is 2. The first-order chi connectivity index (χ1) is 11.7. The zero-order chi connectivity index (χ0) is 16.9. The molecule has 0 amide bonds. The van der Waals surface area contributed by atoms with Gasteiger partial charge in [0.2, 0.25) is 0 Å². The van der Waals surface area contributed by atoms with E-state index in [2.05, 4.69) is 25.4 Å². The molecule has 24 heavy (non-hydrogen) atoms. The monoisotopic (exact) mass is 351 g/mol. The molecule has 1 unspecified atom stereocenters. The number of guanidine groups is 1. The molecule has 3 heterocycles. The van der Waals surface area contributed by atoms with Crippen molar-refractivity contribution in [1.82, 2.24) is 20.4 Å². The summed E-state index contributed by atoms with van der Waals surface area (Å²) in [7, 11) is 1.77. The van der Waals surface area contributed by atoms with E-state index in [1.54, 1.807) is 24.9 Å². The van der Waals surface area contributed by atoms with Crippen molar-refractivity contribution < 1.29 is 4.39 Å². The number of thioether (sulfide) groups is 1. The van der Waals surface area contributed by atoms with E-state index in [0.29, 0.717) is 12.6 Å². The lowest BCUT2D eigenvalue weighted by Gasteiger charge is -2.47. The lowest BCUT2D eigenvalue weighted by atomic mass is 10.1. The molecule has 1 atom stereocenters. The van der Waals surface area contributed by atoms with Gasteiger partial charge in [-0.1, -0.05) is 0 Å². The molecule has 3 aliphatic rings. The van der Waals surface area contributed by atoms with Gasteiger partial charge < -0.3 is 10.6 Å². The van der Waals surface area contributed by atoms with E-state index >= 15 is 0 Å². The normalized spacial score (nSPS) is 26.5. The summed E-state index contributed by atoms with van der Waals surface area (Å²) in [4.78, 5) is 10.5. The van der Waals surface area contributed by atoms with Crippen LogP contribution in [-0.4, -0.2) is 74.4 Å². The van der Waals surface area contributed by atoms with Crippen LogP contribution < -0.4 is 10.6 Å². The average molecular weight is 351 g/mol. The predicted octanol–water partition coefficient (Wildman–Crippen LogP) is 1.21. The number of fused-ring (bicyclic) bond motifs is 3. The van der Waals surface area contributed by atoms with Crippen molar-refractivity contribution in [3.05, 3.63) is 29.6 Å². The summed E-state index contributed by atoms with van der Waals surface area (Å²) in [6.07, 6.45) is 2.01. The number of aliphatic imine (C=N–C) groups is 1. The summed E-state index contributed by atoms with van der Waals surface area (Å²) in [5.74, 6) is 0.566. The Morgan fingerprint density at radius 1 is 1.29 bits per heavy atom. The Balaban J connectivity index is 1.51. The molecule has 0 spiro atoms. The van der Waals surface area contributed by atoms with E-state index in [1.165, 1.54) is 32.2 Å². The SMILES string of the molecule is CN=C(NCc1cc(F)ccc1SC)NCC1CN2CCN1CC2. The van der Waals surface area contributed by atoms with E-state index < -0.39 is 0 Å². The van der Waals surface area contributed by atoms with E-state index in [4.69, 9.17) is 0 Å². The number of piperazine rings is 3. The number of halogens is 1. The third kappa shape index (κ3) is 4.20. The molecule has 3 aliphatic heterocycles. The molecule has 2 bridgehead atoms. The lowest BCUT2D eigenvalue weighted by Crippen LogP contribution is -2.63. The van der Waals surface area contributed by atoms with Crippen LogP contribution in [0.3, 0.4) is 0 Å². The van der Waals surface area contributed by atoms with Crippen LogP contribution in [0.1, 0.15) is 5.56 Å². The van der Waals surface area contributed by atoms with E-state index in [0.717, 1.165) is 29.5 Å². The smallest absolute Gasteiger partial charge is 0.191 e. The standard InChI is InChI=1S/C17H26FN5S/c1-19-17(20-10-13-9-14(18)3-4-16(13)24-2)21-11-15-12-22-5-7-23(15)8-6-22/h3-4,9,15H,5-8,10-12H2,1-2H3,(H2,19,20,21). The second-order valence-corrected chi connectivity index (χ2v) is 7.10. The highest BCUT2D eigenvalue weighted by Gasteiger charge is 2.31. The van der Waals surface area contributed by atoms with Crippen molar-refractivity contribution >= 4 is 17.7 Å². The van der Waals surface area contributed by atoms with Crippen LogP contribution in [0.25, 0.3) is 0 Å². The molecule has 5 nitrogen and oxygen atoms in total. The topological polar surface area (TPSA) is 42.9 Å². The van der Waals surface area contributed by atoms with Crippen molar-refractivity contribution in [3.8, 4) is 0 Å². The average Bonchev–Trinajstić information content (AvgIpc) is 2.63. The Morgan fingerprint density at radius 3 is 2.71 bits per heavy atom. The molecule has 0 saturated carbocycles. The van der Waals surface area contributed by atoms with E-state index in [-0.39, 0.29) is 5.82 Å². The molecule has 1 aromatic carbocycles. The molecule has 4 rings (SSSR count). The molecule has 3 fully saturated rings. The van der Waals surface area contributed by atoms with Crippen molar-refractivity contribution in [3.63, 3.8) is 0 Å². The van der Waals surface area contributed by atoms with Crippen molar-refractivity contribution in [2.75, 3.05) is 52.6 Å². The first-order valence-corrected chi connectivity index (χ1v) is 9.65. The molecular weight excluding hydrogens is 325 g/mol. The number of benzene rings is 1. The van der Waals surface area contributed by atoms with Crippen LogP contribution >= 0.6 is 11.8 Å². The minimum atomic E-state index is -0.201. The minimum absolute atomic E-state index is 0.201. The van der Waals surface area contributed by atoms with Crippen LogP contribution in [0.15, 0.2) is 28.1 Å². The van der Waals surface area contributed by atoms with Gasteiger partial charge in [-0.25, -0.2) is 4.39 Å². The molecule has 2 N–H and O–H groups in total. The number of nitrogens with one attached hydrogen (secondary N) is 2. The zero-order valence-electron chi connectivity index (χ0n) is 14.4. The highest BCUT2D eigenvalue weighted by atomic mass is 32.2. The Hall–Kier alpha value is -1.31. The van der Waals surface area contributed by atoms with Gasteiger partial charge in [0, 0.05) is 63.8 Å². The van der Waals surface area contributed by atoms with Crippen molar-refractivity contribution in [2.45, 2.75) is 17.5 Å². The molecule has 0 radical (unpaired) electrons. The maximum absolute atomic E-state index is 13.5. The van der Waals surface area contributed by atoms with Gasteiger partial charge in [0.05, 0.1) is 0 Å². The quantitative estimate of drug-likeness (QED) is 0.474. The fourth-order valence-corrected chi connectivity index (χ4v) is 4.01. The molecule has 7 heteroatoms. The maximum atomic E-state index is 13.5. The van der Waals surface area contributed by atoms with Crippen LogP contribution in [0.5, 0.6) is 0 Å². The van der Waals surface area contributed by atoms with Crippen LogP contribution in [0.2, 0.25) is 0 Å². The summed E-state index contributed by atoms with van der Waals surface area (Å²) in [6.45, 7) is 7.30. The zero-order valence-corrected chi connectivity index (χ0v) is 15.2. The van der Waals surface area contributed by atoms with Gasteiger partial charge in [0.1, 0.15) is 5.82 Å². The number of rotatable bonds is 5. The summed E-state index contributed by atoms with van der Waals surface area (Å²) in [5, 5.41) is 6.71. The van der Waals surface area contributed by atoms with Crippen molar-refractivity contribution in [2.24, 2.45) is 4.99 Å². The predicted molar refractivity (Wildman–Crippen MR) is 98.2 cm³/mol. The second-order valence-electron chi connectivity index (χ2n) is 6.25. The third-order valence-corrected chi connectivity index (χ3v) is 5.65.